The topological polar surface area (TPSA) is 104 Å². The number of carbonyl (C=O) groups is 2. The van der Waals surface area contributed by atoms with Crippen molar-refractivity contribution in [1.29, 1.82) is 0 Å². The number of hydrogen-bond acceptors (Lipinski definition) is 4. The van der Waals surface area contributed by atoms with E-state index >= 15 is 0 Å². The number of sulfonamides is 1. The van der Waals surface area contributed by atoms with Crippen LogP contribution in [0, 0.1) is 20.8 Å². The van der Waals surface area contributed by atoms with Gasteiger partial charge in [0.05, 0.1) is 16.1 Å². The molecular weight excluding hydrogens is 426 g/mol. The molecule has 2 amide bonds. The highest BCUT2D eigenvalue weighted by Crippen LogP contribution is 2.25. The minimum Gasteiger partial charge on any atom is -0.355 e. The first-order chi connectivity index (χ1) is 15.1. The maximum absolute atomic E-state index is 13.0. The summed E-state index contributed by atoms with van der Waals surface area (Å²) in [4.78, 5) is 25.2. The van der Waals surface area contributed by atoms with Gasteiger partial charge in [-0.25, -0.2) is 8.42 Å². The highest BCUT2D eigenvalue weighted by atomic mass is 32.2. The zero-order chi connectivity index (χ0) is 23.5. The lowest BCUT2D eigenvalue weighted by Gasteiger charge is -2.16. The summed E-state index contributed by atoms with van der Waals surface area (Å²) in [5, 5.41) is 5.34. The van der Waals surface area contributed by atoms with Gasteiger partial charge >= 0.3 is 0 Å². The molecule has 166 valence electrons. The Kier molecular flexibility index (Phi) is 6.64. The van der Waals surface area contributed by atoms with Crippen LogP contribution in [0.2, 0.25) is 0 Å². The molecule has 0 atom stereocenters. The first-order valence-corrected chi connectivity index (χ1v) is 11.4. The van der Waals surface area contributed by atoms with E-state index < -0.39 is 15.9 Å². The van der Waals surface area contributed by atoms with Crippen LogP contribution in [0.15, 0.2) is 65.6 Å². The summed E-state index contributed by atoms with van der Waals surface area (Å²) in [6.45, 7) is 5.26. The molecule has 3 aromatic carbocycles. The Balaban J connectivity index is 1.93. The van der Waals surface area contributed by atoms with E-state index in [1.54, 1.807) is 56.3 Å². The smallest absolute Gasteiger partial charge is 0.262 e. The highest BCUT2D eigenvalue weighted by molar-refractivity contribution is 7.92. The van der Waals surface area contributed by atoms with E-state index in [1.807, 2.05) is 13.0 Å². The van der Waals surface area contributed by atoms with Crippen LogP contribution in [0.3, 0.4) is 0 Å². The third kappa shape index (κ3) is 4.81. The van der Waals surface area contributed by atoms with Crippen molar-refractivity contribution >= 4 is 33.2 Å². The lowest BCUT2D eigenvalue weighted by atomic mass is 10.1. The molecule has 0 unspecified atom stereocenters. The van der Waals surface area contributed by atoms with Gasteiger partial charge in [-0.3, -0.25) is 14.3 Å². The lowest BCUT2D eigenvalue weighted by molar-refractivity contribution is 0.0960. The number of hydrogen-bond donors (Lipinski definition) is 3. The average Bonchev–Trinajstić information content (AvgIpc) is 2.76. The fraction of sp³-hybridized carbons (Fsp3) is 0.167. The fourth-order valence-corrected chi connectivity index (χ4v) is 4.72. The Morgan fingerprint density at radius 3 is 2.16 bits per heavy atom. The molecule has 0 heterocycles. The lowest BCUT2D eigenvalue weighted by Crippen LogP contribution is -2.21. The minimum atomic E-state index is -3.91. The second-order valence-corrected chi connectivity index (χ2v) is 9.08. The average molecular weight is 452 g/mol. The van der Waals surface area contributed by atoms with E-state index in [0.29, 0.717) is 22.4 Å². The molecule has 0 radical (unpaired) electrons. The summed E-state index contributed by atoms with van der Waals surface area (Å²) in [7, 11) is -2.37. The summed E-state index contributed by atoms with van der Waals surface area (Å²) in [6, 6.07) is 16.6. The first kappa shape index (κ1) is 23.0. The van der Waals surface area contributed by atoms with E-state index in [0.717, 1.165) is 5.56 Å². The van der Waals surface area contributed by atoms with Gasteiger partial charge < -0.3 is 10.6 Å². The van der Waals surface area contributed by atoms with Gasteiger partial charge in [-0.05, 0) is 67.8 Å². The van der Waals surface area contributed by atoms with Gasteiger partial charge in [0.1, 0.15) is 0 Å². The Hall–Kier alpha value is -3.65. The maximum Gasteiger partial charge on any atom is 0.262 e. The number of amides is 2. The van der Waals surface area contributed by atoms with Crippen LogP contribution in [0.25, 0.3) is 0 Å². The molecular formula is C24H25N3O4S. The van der Waals surface area contributed by atoms with Crippen LogP contribution in [0.1, 0.15) is 37.4 Å². The van der Waals surface area contributed by atoms with E-state index in [-0.39, 0.29) is 22.1 Å². The molecule has 0 saturated heterocycles. The van der Waals surface area contributed by atoms with Crippen LogP contribution in [0.5, 0.6) is 0 Å². The zero-order valence-electron chi connectivity index (χ0n) is 18.3. The number of rotatable bonds is 6. The minimum absolute atomic E-state index is 0.154. The van der Waals surface area contributed by atoms with Gasteiger partial charge in [-0.15, -0.1) is 0 Å². The Bertz CT molecular complexity index is 1300. The number of anilines is 2. The predicted molar refractivity (Wildman–Crippen MR) is 126 cm³/mol. The zero-order valence-corrected chi connectivity index (χ0v) is 19.1. The molecule has 0 aliphatic rings. The van der Waals surface area contributed by atoms with E-state index in [2.05, 4.69) is 15.4 Å². The molecule has 7 nitrogen and oxygen atoms in total. The van der Waals surface area contributed by atoms with Crippen LogP contribution in [-0.4, -0.2) is 27.3 Å². The number of para-hydroxylation sites is 1. The maximum atomic E-state index is 13.0. The largest absolute Gasteiger partial charge is 0.355 e. The number of nitrogens with one attached hydrogen (secondary N) is 3. The van der Waals surface area contributed by atoms with Crippen molar-refractivity contribution in [2.45, 2.75) is 25.7 Å². The molecule has 3 N–H and O–H groups in total. The molecule has 3 aromatic rings. The van der Waals surface area contributed by atoms with E-state index in [9.17, 15) is 18.0 Å². The van der Waals surface area contributed by atoms with Crippen molar-refractivity contribution < 1.29 is 18.0 Å². The SMILES string of the molecule is CNC(=O)c1cccc(NC(=O)c2ccccc2NS(=O)(=O)c2cc(C)ccc2C)c1C. The van der Waals surface area contributed by atoms with Crippen molar-refractivity contribution in [1.82, 2.24) is 5.32 Å². The third-order valence-electron chi connectivity index (χ3n) is 5.10. The number of carbonyl (C=O) groups excluding carboxylic acids is 2. The van der Waals surface area contributed by atoms with E-state index in [1.165, 1.54) is 19.2 Å². The first-order valence-electron chi connectivity index (χ1n) is 9.96. The molecule has 32 heavy (non-hydrogen) atoms. The Morgan fingerprint density at radius 2 is 1.44 bits per heavy atom. The van der Waals surface area contributed by atoms with Crippen molar-refractivity contribution in [3.05, 3.63) is 88.5 Å². The molecule has 0 aliphatic heterocycles. The molecule has 0 aliphatic carbocycles. The van der Waals surface area contributed by atoms with Gasteiger partial charge in [-0.1, -0.05) is 30.3 Å². The van der Waals surface area contributed by atoms with Crippen molar-refractivity contribution in [3.63, 3.8) is 0 Å². The summed E-state index contributed by atoms with van der Waals surface area (Å²) < 4.78 is 28.6. The number of benzene rings is 3. The van der Waals surface area contributed by atoms with Gasteiger partial charge in [0.25, 0.3) is 21.8 Å². The van der Waals surface area contributed by atoms with Crippen LogP contribution in [0.4, 0.5) is 11.4 Å². The third-order valence-corrected chi connectivity index (χ3v) is 6.61. The monoisotopic (exact) mass is 451 g/mol. The predicted octanol–water partition coefficient (Wildman–Crippen LogP) is 4.02. The molecule has 3 rings (SSSR count). The Morgan fingerprint density at radius 1 is 0.781 bits per heavy atom. The van der Waals surface area contributed by atoms with Gasteiger partial charge in [0.15, 0.2) is 0 Å². The highest BCUT2D eigenvalue weighted by Gasteiger charge is 2.21. The fourth-order valence-electron chi connectivity index (χ4n) is 3.31. The van der Waals surface area contributed by atoms with E-state index in [4.69, 9.17) is 0 Å². The molecule has 8 heteroatoms. The summed E-state index contributed by atoms with van der Waals surface area (Å²) in [6.07, 6.45) is 0. The normalized spacial score (nSPS) is 11.0. The second-order valence-electron chi connectivity index (χ2n) is 7.43. The summed E-state index contributed by atoms with van der Waals surface area (Å²) in [5.41, 5.74) is 3.24. The van der Waals surface area contributed by atoms with Crippen LogP contribution < -0.4 is 15.4 Å². The van der Waals surface area contributed by atoms with Gasteiger partial charge in [-0.2, -0.15) is 0 Å². The number of aryl methyl sites for hydroxylation is 2. The second kappa shape index (κ2) is 9.23. The standard InChI is InChI=1S/C24H25N3O4S/c1-15-12-13-16(2)22(14-15)32(30,31)27-21-10-6-5-8-19(21)24(29)26-20-11-7-9-18(17(20)3)23(28)25-4/h5-14,27H,1-4H3,(H,25,28)(H,26,29). The molecule has 0 spiro atoms. The van der Waals surface area contributed by atoms with Crippen LogP contribution >= 0.6 is 0 Å². The molecule has 0 saturated carbocycles. The van der Waals surface area contributed by atoms with Gasteiger partial charge in [0.2, 0.25) is 0 Å². The Labute approximate surface area is 187 Å². The van der Waals surface area contributed by atoms with Crippen molar-refractivity contribution in [3.8, 4) is 0 Å². The molecule has 0 aromatic heterocycles. The summed E-state index contributed by atoms with van der Waals surface area (Å²) >= 11 is 0. The van der Waals surface area contributed by atoms with Crippen LogP contribution in [-0.2, 0) is 10.0 Å². The quantitative estimate of drug-likeness (QED) is 0.526. The molecule has 0 fully saturated rings. The summed E-state index contributed by atoms with van der Waals surface area (Å²) in [5.74, 6) is -0.762. The van der Waals surface area contributed by atoms with Gasteiger partial charge in [0, 0.05) is 18.3 Å². The van der Waals surface area contributed by atoms with Crippen molar-refractivity contribution in [2.24, 2.45) is 0 Å². The molecule has 0 bridgehead atoms. The van der Waals surface area contributed by atoms with Crippen molar-refractivity contribution in [2.75, 3.05) is 17.1 Å².